The van der Waals surface area contributed by atoms with Gasteiger partial charge in [-0.15, -0.1) is 23.2 Å². The van der Waals surface area contributed by atoms with Crippen molar-refractivity contribution >= 4 is 23.2 Å². The molecule has 124 valence electrons. The smallest absolute Gasteiger partial charge is 0.0731 e. The fourth-order valence-electron chi connectivity index (χ4n) is 5.51. The van der Waals surface area contributed by atoms with Gasteiger partial charge in [0.25, 0.3) is 0 Å². The molecule has 4 rings (SSSR count). The average molecular weight is 349 g/mol. The van der Waals surface area contributed by atoms with Gasteiger partial charge in [-0.25, -0.2) is 0 Å². The largest absolute Gasteiger partial charge is 0.114 e. The first-order chi connectivity index (χ1) is 10.9. The second-order valence-electron chi connectivity index (χ2n) is 8.27. The lowest BCUT2D eigenvalue weighted by Crippen LogP contribution is -2.53. The van der Waals surface area contributed by atoms with Crippen LogP contribution < -0.4 is 0 Å². The van der Waals surface area contributed by atoms with E-state index in [-0.39, 0.29) is 15.2 Å². The van der Waals surface area contributed by atoms with Crippen molar-refractivity contribution in [3.05, 3.63) is 47.6 Å². The molecule has 0 radical (unpaired) electrons. The van der Waals surface area contributed by atoms with Crippen LogP contribution in [0.1, 0.15) is 52.4 Å². The fourth-order valence-corrected chi connectivity index (χ4v) is 6.53. The van der Waals surface area contributed by atoms with Crippen LogP contribution in [-0.4, -0.2) is 9.75 Å². The summed E-state index contributed by atoms with van der Waals surface area (Å²) in [6.07, 6.45) is 20.2. The highest BCUT2D eigenvalue weighted by Crippen LogP contribution is 2.66. The third-order valence-electron chi connectivity index (χ3n) is 7.12. The van der Waals surface area contributed by atoms with Crippen LogP contribution in [0.3, 0.4) is 0 Å². The number of fused-ring (bicyclic) bond motifs is 2. The molecule has 0 bridgehead atoms. The molecule has 0 N–H and O–H groups in total. The first-order valence-corrected chi connectivity index (χ1v) is 9.78. The van der Waals surface area contributed by atoms with Crippen LogP contribution in [0, 0.1) is 17.3 Å². The maximum atomic E-state index is 7.40. The van der Waals surface area contributed by atoms with Crippen molar-refractivity contribution in [1.29, 1.82) is 0 Å². The lowest BCUT2D eigenvalue weighted by Gasteiger charge is -2.51. The summed E-state index contributed by atoms with van der Waals surface area (Å²) in [5.41, 5.74) is 2.70. The van der Waals surface area contributed by atoms with E-state index in [2.05, 4.69) is 50.3 Å². The molecule has 4 aliphatic rings. The Kier molecular flexibility index (Phi) is 3.67. The Morgan fingerprint density at radius 3 is 1.74 bits per heavy atom. The van der Waals surface area contributed by atoms with Gasteiger partial charge in [0.1, 0.15) is 0 Å². The van der Waals surface area contributed by atoms with E-state index < -0.39 is 0 Å². The Hall–Kier alpha value is -0.460. The van der Waals surface area contributed by atoms with E-state index in [1.165, 1.54) is 24.0 Å². The lowest BCUT2D eigenvalue weighted by atomic mass is 9.62. The molecule has 0 heterocycles. The number of rotatable bonds is 2. The van der Waals surface area contributed by atoms with Gasteiger partial charge < -0.3 is 0 Å². The number of alkyl halides is 2. The maximum absolute atomic E-state index is 7.40. The van der Waals surface area contributed by atoms with Crippen molar-refractivity contribution in [1.82, 2.24) is 0 Å². The van der Waals surface area contributed by atoms with Gasteiger partial charge in [-0.2, -0.15) is 0 Å². The fraction of sp³-hybridized carbons (Fsp3) is 0.619. The number of hydrogen-bond acceptors (Lipinski definition) is 0. The highest BCUT2D eigenvalue weighted by Gasteiger charge is 2.63. The third-order valence-corrected chi connectivity index (χ3v) is 8.87. The van der Waals surface area contributed by atoms with E-state index in [0.717, 1.165) is 25.7 Å². The molecule has 4 aliphatic carbocycles. The van der Waals surface area contributed by atoms with Crippen molar-refractivity contribution in [2.24, 2.45) is 17.3 Å². The van der Waals surface area contributed by atoms with Gasteiger partial charge in [-0.1, -0.05) is 50.3 Å². The van der Waals surface area contributed by atoms with Crippen molar-refractivity contribution in [2.45, 2.75) is 62.1 Å². The standard InChI is InChI=1S/C21H26Cl2/c1-19(2,20(22)13-11-15-7-3-5-9-17(15)20)21(23)14-12-16-8-4-6-10-18(16)21/h3-6,9-10,15-16H,7-8,11-14H2,1-2H3. The SMILES string of the molecule is CC(C)(C1(Cl)CCC2CC=CC=C21)C1(Cl)CCC2CC=CC=C21. The maximum Gasteiger partial charge on any atom is 0.0731 e. The van der Waals surface area contributed by atoms with Gasteiger partial charge in [0.15, 0.2) is 0 Å². The predicted octanol–water partition coefficient (Wildman–Crippen LogP) is 6.56. The molecule has 0 amide bonds. The predicted molar refractivity (Wildman–Crippen MR) is 100 cm³/mol. The number of halogens is 2. The van der Waals surface area contributed by atoms with Crippen molar-refractivity contribution in [3.63, 3.8) is 0 Å². The minimum Gasteiger partial charge on any atom is -0.114 e. The molecule has 2 heteroatoms. The van der Waals surface area contributed by atoms with Crippen molar-refractivity contribution in [2.75, 3.05) is 0 Å². The van der Waals surface area contributed by atoms with E-state index in [9.17, 15) is 0 Å². The van der Waals surface area contributed by atoms with Gasteiger partial charge in [-0.3, -0.25) is 0 Å². The zero-order valence-electron chi connectivity index (χ0n) is 14.1. The van der Waals surface area contributed by atoms with Gasteiger partial charge in [0, 0.05) is 5.41 Å². The summed E-state index contributed by atoms with van der Waals surface area (Å²) < 4.78 is 0. The third kappa shape index (κ3) is 2.04. The summed E-state index contributed by atoms with van der Waals surface area (Å²) in [4.78, 5) is -0.637. The molecule has 2 saturated carbocycles. The van der Waals surface area contributed by atoms with E-state index in [1.54, 1.807) is 0 Å². The molecular formula is C21H26Cl2. The molecule has 2 fully saturated rings. The van der Waals surface area contributed by atoms with Crippen LogP contribution in [0.4, 0.5) is 0 Å². The molecule has 0 nitrogen and oxygen atoms in total. The molecule has 0 aliphatic heterocycles. The first-order valence-electron chi connectivity index (χ1n) is 9.02. The molecule has 4 unspecified atom stereocenters. The van der Waals surface area contributed by atoms with Crippen LogP contribution in [0.2, 0.25) is 0 Å². The molecule has 0 spiro atoms. The van der Waals surface area contributed by atoms with Gasteiger partial charge >= 0.3 is 0 Å². The molecule has 0 aromatic heterocycles. The van der Waals surface area contributed by atoms with Gasteiger partial charge in [0.2, 0.25) is 0 Å². The molecule has 0 aromatic carbocycles. The zero-order chi connectivity index (χ0) is 16.3. The van der Waals surface area contributed by atoms with Crippen LogP contribution in [0.15, 0.2) is 47.6 Å². The molecular weight excluding hydrogens is 323 g/mol. The molecule has 0 saturated heterocycles. The van der Waals surface area contributed by atoms with E-state index >= 15 is 0 Å². The van der Waals surface area contributed by atoms with Gasteiger partial charge in [0.05, 0.1) is 9.75 Å². The molecule has 0 aromatic rings. The summed E-state index contributed by atoms with van der Waals surface area (Å²) in [6, 6.07) is 0. The topological polar surface area (TPSA) is 0 Å². The zero-order valence-corrected chi connectivity index (χ0v) is 15.6. The summed E-state index contributed by atoms with van der Waals surface area (Å²) in [5, 5.41) is 0. The Balaban J connectivity index is 1.78. The van der Waals surface area contributed by atoms with Gasteiger partial charge in [-0.05, 0) is 61.5 Å². The molecule has 23 heavy (non-hydrogen) atoms. The van der Waals surface area contributed by atoms with E-state index in [0.29, 0.717) is 11.8 Å². The van der Waals surface area contributed by atoms with Crippen molar-refractivity contribution in [3.8, 4) is 0 Å². The van der Waals surface area contributed by atoms with Crippen molar-refractivity contribution < 1.29 is 0 Å². The minimum absolute atomic E-state index is 0.166. The number of allylic oxidation sites excluding steroid dienone is 8. The Morgan fingerprint density at radius 1 is 0.870 bits per heavy atom. The Bertz CT molecular complexity index is 582. The quantitative estimate of drug-likeness (QED) is 0.495. The summed E-state index contributed by atoms with van der Waals surface area (Å²) in [6.45, 7) is 4.63. The van der Waals surface area contributed by atoms with E-state index in [1.807, 2.05) is 0 Å². The van der Waals surface area contributed by atoms with E-state index in [4.69, 9.17) is 23.2 Å². The number of hydrogen-bond donors (Lipinski definition) is 0. The van der Waals surface area contributed by atoms with Crippen LogP contribution in [0.25, 0.3) is 0 Å². The Morgan fingerprint density at radius 2 is 1.30 bits per heavy atom. The molecule has 4 atom stereocenters. The summed E-state index contributed by atoms with van der Waals surface area (Å²) >= 11 is 14.8. The second kappa shape index (κ2) is 5.27. The minimum atomic E-state index is -0.318. The first kappa shape index (κ1) is 16.0. The van der Waals surface area contributed by atoms with Crippen LogP contribution in [0.5, 0.6) is 0 Å². The normalized spacial score (nSPS) is 42.3. The average Bonchev–Trinajstić information content (AvgIpc) is 3.09. The highest BCUT2D eigenvalue weighted by atomic mass is 35.5. The summed E-state index contributed by atoms with van der Waals surface area (Å²) in [7, 11) is 0. The summed E-state index contributed by atoms with van der Waals surface area (Å²) in [5.74, 6) is 1.24. The van der Waals surface area contributed by atoms with Crippen LogP contribution >= 0.6 is 23.2 Å². The van der Waals surface area contributed by atoms with Crippen LogP contribution in [-0.2, 0) is 0 Å². The monoisotopic (exact) mass is 348 g/mol. The second-order valence-corrected chi connectivity index (χ2v) is 9.56. The lowest BCUT2D eigenvalue weighted by molar-refractivity contribution is 0.210. The highest BCUT2D eigenvalue weighted by molar-refractivity contribution is 6.31. The Labute approximate surface area is 150 Å².